The van der Waals surface area contributed by atoms with Crippen LogP contribution in [-0.4, -0.2) is 59.4 Å². The third kappa shape index (κ3) is 8.11. The van der Waals surface area contributed by atoms with Crippen molar-refractivity contribution in [1.29, 1.82) is 0 Å². The molecule has 0 spiro atoms. The number of nitrogens with two attached hydrogens (primary N) is 2. The Balaban J connectivity index is 4.86. The first-order valence-corrected chi connectivity index (χ1v) is 7.60. The first kappa shape index (κ1) is 22.3. The maximum atomic E-state index is 12.2. The Morgan fingerprint density at radius 1 is 0.960 bits per heavy atom. The molecule has 8 N–H and O–H groups in total. The number of hydrogen-bond acceptors (Lipinski definition) is 6. The van der Waals surface area contributed by atoms with Crippen LogP contribution in [0.5, 0.6) is 0 Å². The van der Waals surface area contributed by atoms with Gasteiger partial charge >= 0.3 is 5.97 Å². The Labute approximate surface area is 144 Å². The quantitative estimate of drug-likeness (QED) is 0.239. The highest BCUT2D eigenvalue weighted by molar-refractivity contribution is 5.94. The molecule has 0 aromatic rings. The molecule has 0 bridgehead atoms. The number of primary amides is 1. The lowest BCUT2D eigenvalue weighted by atomic mass is 10.0. The van der Waals surface area contributed by atoms with Crippen molar-refractivity contribution in [3.8, 4) is 0 Å². The highest BCUT2D eigenvalue weighted by atomic mass is 16.4. The van der Waals surface area contributed by atoms with E-state index >= 15 is 0 Å². The van der Waals surface area contributed by atoms with Crippen LogP contribution in [-0.2, 0) is 24.0 Å². The van der Waals surface area contributed by atoms with Gasteiger partial charge in [-0.2, -0.15) is 0 Å². The average Bonchev–Trinajstić information content (AvgIpc) is 2.50. The molecule has 0 aromatic carbocycles. The number of nitrogens with one attached hydrogen (secondary N) is 3. The first-order valence-electron chi connectivity index (χ1n) is 7.60. The summed E-state index contributed by atoms with van der Waals surface area (Å²) in [7, 11) is 0. The number of rotatable bonds is 10. The predicted octanol–water partition coefficient (Wildman–Crippen LogP) is -2.96. The zero-order valence-electron chi connectivity index (χ0n) is 14.4. The van der Waals surface area contributed by atoms with Crippen LogP contribution < -0.4 is 27.4 Å². The van der Waals surface area contributed by atoms with Crippen molar-refractivity contribution >= 4 is 29.6 Å². The van der Waals surface area contributed by atoms with Crippen LogP contribution in [0.1, 0.15) is 27.2 Å². The molecule has 0 radical (unpaired) electrons. The van der Waals surface area contributed by atoms with Gasteiger partial charge in [0.05, 0.1) is 13.0 Å². The molecular formula is C14H25N5O6. The van der Waals surface area contributed by atoms with Crippen LogP contribution >= 0.6 is 0 Å². The van der Waals surface area contributed by atoms with Crippen LogP contribution in [0, 0.1) is 5.92 Å². The van der Waals surface area contributed by atoms with Gasteiger partial charge in [-0.15, -0.1) is 0 Å². The molecule has 0 saturated carbocycles. The van der Waals surface area contributed by atoms with Crippen molar-refractivity contribution in [2.75, 3.05) is 6.54 Å². The van der Waals surface area contributed by atoms with Gasteiger partial charge in [-0.05, 0) is 12.8 Å². The standard InChI is InChI=1S/C14H25N5O6/c1-6(2)11(19-10(21)5-15)13(23)17-7(3)12(22)18-8(14(24)25)4-9(16)20/h6-8,11H,4-5,15H2,1-3H3,(H2,16,20)(H,17,23)(H,18,22)(H,19,21)(H,24,25). The van der Waals surface area contributed by atoms with Crippen molar-refractivity contribution in [2.45, 2.75) is 45.3 Å². The van der Waals surface area contributed by atoms with E-state index in [0.717, 1.165) is 0 Å². The monoisotopic (exact) mass is 359 g/mol. The van der Waals surface area contributed by atoms with E-state index in [0.29, 0.717) is 0 Å². The fourth-order valence-corrected chi connectivity index (χ4v) is 1.83. The maximum absolute atomic E-state index is 12.2. The molecule has 0 aliphatic carbocycles. The van der Waals surface area contributed by atoms with Crippen LogP contribution in [0.25, 0.3) is 0 Å². The third-order valence-electron chi connectivity index (χ3n) is 3.22. The van der Waals surface area contributed by atoms with Gasteiger partial charge in [-0.1, -0.05) is 13.8 Å². The molecule has 0 saturated heterocycles. The van der Waals surface area contributed by atoms with Gasteiger partial charge in [0.1, 0.15) is 18.1 Å². The molecule has 4 amide bonds. The highest BCUT2D eigenvalue weighted by Gasteiger charge is 2.29. The first-order chi connectivity index (χ1) is 11.5. The minimum Gasteiger partial charge on any atom is -0.480 e. The average molecular weight is 359 g/mol. The number of carboxylic acid groups (broad SMARTS) is 1. The fraction of sp³-hybridized carbons (Fsp3) is 0.643. The summed E-state index contributed by atoms with van der Waals surface area (Å²) in [5.74, 6) is -4.56. The smallest absolute Gasteiger partial charge is 0.326 e. The molecule has 0 heterocycles. The summed E-state index contributed by atoms with van der Waals surface area (Å²) in [4.78, 5) is 57.4. The summed E-state index contributed by atoms with van der Waals surface area (Å²) in [5.41, 5.74) is 10.1. The zero-order valence-corrected chi connectivity index (χ0v) is 14.4. The van der Waals surface area contributed by atoms with Crippen molar-refractivity contribution in [1.82, 2.24) is 16.0 Å². The molecule has 3 unspecified atom stereocenters. The topological polar surface area (TPSA) is 194 Å². The van der Waals surface area contributed by atoms with E-state index in [1.807, 2.05) is 0 Å². The Bertz CT molecular complexity index is 536. The Kier molecular flexibility index (Phi) is 9.13. The molecular weight excluding hydrogens is 334 g/mol. The second-order valence-electron chi connectivity index (χ2n) is 5.79. The SMILES string of the molecule is CC(NC(=O)C(NC(=O)CN)C(C)C)C(=O)NC(CC(N)=O)C(=O)O. The zero-order chi connectivity index (χ0) is 19.7. The van der Waals surface area contributed by atoms with E-state index in [9.17, 15) is 24.0 Å². The van der Waals surface area contributed by atoms with Crippen molar-refractivity contribution in [2.24, 2.45) is 17.4 Å². The predicted molar refractivity (Wildman–Crippen MR) is 86.8 cm³/mol. The van der Waals surface area contributed by atoms with Gasteiger partial charge in [0.25, 0.3) is 0 Å². The third-order valence-corrected chi connectivity index (χ3v) is 3.22. The Morgan fingerprint density at radius 2 is 1.52 bits per heavy atom. The second-order valence-corrected chi connectivity index (χ2v) is 5.79. The molecule has 142 valence electrons. The maximum Gasteiger partial charge on any atom is 0.326 e. The Hall–Kier alpha value is -2.69. The van der Waals surface area contributed by atoms with Gasteiger partial charge in [-0.25, -0.2) is 4.79 Å². The second kappa shape index (κ2) is 10.2. The van der Waals surface area contributed by atoms with E-state index in [2.05, 4.69) is 16.0 Å². The number of carbonyl (C=O) groups is 5. The largest absolute Gasteiger partial charge is 0.480 e. The van der Waals surface area contributed by atoms with E-state index in [4.69, 9.17) is 16.6 Å². The van der Waals surface area contributed by atoms with Gasteiger partial charge in [0, 0.05) is 0 Å². The lowest BCUT2D eigenvalue weighted by Crippen LogP contribution is -2.56. The van der Waals surface area contributed by atoms with Gasteiger partial charge in [-0.3, -0.25) is 19.2 Å². The molecule has 3 atom stereocenters. The minimum absolute atomic E-state index is 0.271. The Morgan fingerprint density at radius 3 is 1.92 bits per heavy atom. The highest BCUT2D eigenvalue weighted by Crippen LogP contribution is 2.03. The van der Waals surface area contributed by atoms with Crippen LogP contribution in [0.3, 0.4) is 0 Å². The summed E-state index contributed by atoms with van der Waals surface area (Å²) in [6.07, 6.45) is -0.580. The summed E-state index contributed by atoms with van der Waals surface area (Å²) in [6, 6.07) is -3.51. The molecule has 0 aliphatic heterocycles. The summed E-state index contributed by atoms with van der Waals surface area (Å²) in [5, 5.41) is 15.9. The molecule has 0 fully saturated rings. The number of aliphatic carboxylic acids is 1. The van der Waals surface area contributed by atoms with E-state index < -0.39 is 54.1 Å². The van der Waals surface area contributed by atoms with Gasteiger partial charge in [0.15, 0.2) is 0 Å². The molecule has 0 rings (SSSR count). The van der Waals surface area contributed by atoms with Crippen LogP contribution in [0.4, 0.5) is 0 Å². The number of amides is 4. The summed E-state index contributed by atoms with van der Waals surface area (Å²) < 4.78 is 0. The van der Waals surface area contributed by atoms with E-state index in [1.54, 1.807) is 13.8 Å². The number of hydrogen-bond donors (Lipinski definition) is 6. The van der Waals surface area contributed by atoms with Crippen molar-refractivity contribution < 1.29 is 29.1 Å². The molecule has 0 aromatic heterocycles. The summed E-state index contributed by atoms with van der Waals surface area (Å²) >= 11 is 0. The van der Waals surface area contributed by atoms with Gasteiger partial charge in [0.2, 0.25) is 23.6 Å². The van der Waals surface area contributed by atoms with E-state index in [1.165, 1.54) is 6.92 Å². The van der Waals surface area contributed by atoms with Crippen LogP contribution in [0.2, 0.25) is 0 Å². The summed E-state index contributed by atoms with van der Waals surface area (Å²) in [6.45, 7) is 4.43. The lowest BCUT2D eigenvalue weighted by Gasteiger charge is -2.24. The number of carboxylic acids is 1. The van der Waals surface area contributed by atoms with Crippen molar-refractivity contribution in [3.63, 3.8) is 0 Å². The molecule has 11 nitrogen and oxygen atoms in total. The van der Waals surface area contributed by atoms with Gasteiger partial charge < -0.3 is 32.5 Å². The minimum atomic E-state index is -1.50. The number of carbonyl (C=O) groups excluding carboxylic acids is 4. The molecule has 0 aliphatic rings. The van der Waals surface area contributed by atoms with E-state index in [-0.39, 0.29) is 12.5 Å². The fourth-order valence-electron chi connectivity index (χ4n) is 1.83. The van der Waals surface area contributed by atoms with Crippen LogP contribution in [0.15, 0.2) is 0 Å². The molecule has 25 heavy (non-hydrogen) atoms. The molecule has 11 heteroatoms. The lowest BCUT2D eigenvalue weighted by molar-refractivity contribution is -0.143. The van der Waals surface area contributed by atoms with Crippen molar-refractivity contribution in [3.05, 3.63) is 0 Å². The normalized spacial score (nSPS) is 14.1.